The van der Waals surface area contributed by atoms with Gasteiger partial charge in [0, 0.05) is 5.92 Å². The van der Waals surface area contributed by atoms with Crippen LogP contribution in [0.1, 0.15) is 77.6 Å². The molecule has 0 aromatic carbocycles. The van der Waals surface area contributed by atoms with E-state index >= 15 is 0 Å². The zero-order valence-corrected chi connectivity index (χ0v) is 14.2. The Kier molecular flexibility index (Phi) is 6.97. The number of hydrogen-bond acceptors (Lipinski definition) is 0. The average Bonchev–Trinajstić information content (AvgIpc) is 2.52. The second-order valence-electron chi connectivity index (χ2n) is 7.61. The summed E-state index contributed by atoms with van der Waals surface area (Å²) in [6.45, 7) is 2.23. The summed E-state index contributed by atoms with van der Waals surface area (Å²) in [6, 6.07) is 0. The van der Waals surface area contributed by atoms with Crippen LogP contribution in [-0.4, -0.2) is 6.18 Å². The maximum absolute atomic E-state index is 13.7. The summed E-state index contributed by atoms with van der Waals surface area (Å²) in [4.78, 5) is 0. The van der Waals surface area contributed by atoms with E-state index in [4.69, 9.17) is 0 Å². The number of allylic oxidation sites excluding steroid dienone is 2. The Morgan fingerprint density at radius 3 is 1.91 bits per heavy atom. The highest BCUT2D eigenvalue weighted by molar-refractivity contribution is 5.03. The zero-order valence-electron chi connectivity index (χ0n) is 14.2. The summed E-state index contributed by atoms with van der Waals surface area (Å²) in [5.41, 5.74) is 0. The minimum Gasteiger partial charge on any atom is -0.212 e. The normalized spacial score (nSPS) is 33.7. The highest BCUT2D eigenvalue weighted by Gasteiger charge is 2.33. The highest BCUT2D eigenvalue weighted by Crippen LogP contribution is 2.44. The molecule has 134 valence electrons. The number of alkyl halides is 3. The molecule has 0 atom stereocenters. The van der Waals surface area contributed by atoms with Gasteiger partial charge in [0.25, 0.3) is 0 Å². The Hall–Kier alpha value is -0.540. The van der Waals surface area contributed by atoms with Gasteiger partial charge in [0.15, 0.2) is 0 Å². The van der Waals surface area contributed by atoms with E-state index in [-0.39, 0.29) is 6.08 Å². The first kappa shape index (κ1) is 18.8. The molecular formula is C19H30F4. The predicted octanol–water partition coefficient (Wildman–Crippen LogP) is 7.21. The summed E-state index contributed by atoms with van der Waals surface area (Å²) >= 11 is 0. The van der Waals surface area contributed by atoms with Crippen LogP contribution >= 0.6 is 0 Å². The fourth-order valence-electron chi connectivity index (χ4n) is 4.58. The van der Waals surface area contributed by atoms with Crippen LogP contribution in [0.4, 0.5) is 17.6 Å². The topological polar surface area (TPSA) is 0 Å². The smallest absolute Gasteiger partial charge is 0.212 e. The van der Waals surface area contributed by atoms with Crippen molar-refractivity contribution >= 4 is 0 Å². The SMILES string of the molecule is CCCCC1CCC(C2CCC(C(F)=CC(F)(F)F)CC2)CC1. The Balaban J connectivity index is 1.74. The van der Waals surface area contributed by atoms with Crippen LogP contribution < -0.4 is 0 Å². The molecule has 0 amide bonds. The molecule has 0 spiro atoms. The lowest BCUT2D eigenvalue weighted by Gasteiger charge is -2.37. The van der Waals surface area contributed by atoms with Crippen LogP contribution in [0.25, 0.3) is 0 Å². The Morgan fingerprint density at radius 1 is 0.913 bits per heavy atom. The molecule has 2 aliphatic rings. The molecule has 0 bridgehead atoms. The average molecular weight is 334 g/mol. The number of unbranched alkanes of at least 4 members (excludes halogenated alkanes) is 1. The minimum absolute atomic E-state index is 0.142. The molecule has 0 nitrogen and oxygen atoms in total. The molecule has 2 aliphatic carbocycles. The van der Waals surface area contributed by atoms with E-state index in [0.29, 0.717) is 18.8 Å². The van der Waals surface area contributed by atoms with Gasteiger partial charge in [-0.1, -0.05) is 39.0 Å². The first-order chi connectivity index (χ1) is 10.9. The molecule has 23 heavy (non-hydrogen) atoms. The number of rotatable bonds is 5. The first-order valence-electron chi connectivity index (χ1n) is 9.34. The second kappa shape index (κ2) is 8.53. The Labute approximate surface area is 137 Å². The summed E-state index contributed by atoms with van der Waals surface area (Å²) < 4.78 is 50.4. The van der Waals surface area contributed by atoms with Gasteiger partial charge in [0.2, 0.25) is 0 Å². The fraction of sp³-hybridized carbons (Fsp3) is 0.895. The van der Waals surface area contributed by atoms with E-state index in [1.54, 1.807) is 0 Å². The van der Waals surface area contributed by atoms with Crippen LogP contribution in [0.15, 0.2) is 11.9 Å². The van der Waals surface area contributed by atoms with Gasteiger partial charge in [-0.2, -0.15) is 13.2 Å². The van der Waals surface area contributed by atoms with Crippen molar-refractivity contribution in [3.63, 3.8) is 0 Å². The van der Waals surface area contributed by atoms with Gasteiger partial charge in [-0.15, -0.1) is 0 Å². The van der Waals surface area contributed by atoms with E-state index in [1.165, 1.54) is 44.9 Å². The molecule has 0 aliphatic heterocycles. The highest BCUT2D eigenvalue weighted by atomic mass is 19.4. The molecule has 0 radical (unpaired) electrons. The molecule has 0 saturated heterocycles. The molecule has 0 N–H and O–H groups in total. The van der Waals surface area contributed by atoms with Crippen molar-refractivity contribution in [3.8, 4) is 0 Å². The third-order valence-corrected chi connectivity index (χ3v) is 5.99. The molecule has 0 heterocycles. The first-order valence-corrected chi connectivity index (χ1v) is 9.34. The quantitative estimate of drug-likeness (QED) is 0.466. The Morgan fingerprint density at radius 2 is 1.43 bits per heavy atom. The van der Waals surface area contributed by atoms with E-state index in [9.17, 15) is 17.6 Å². The third kappa shape index (κ3) is 6.11. The van der Waals surface area contributed by atoms with Gasteiger partial charge < -0.3 is 0 Å². The maximum atomic E-state index is 13.7. The van der Waals surface area contributed by atoms with Crippen molar-refractivity contribution in [1.82, 2.24) is 0 Å². The van der Waals surface area contributed by atoms with E-state index in [0.717, 1.165) is 24.7 Å². The lowest BCUT2D eigenvalue weighted by Crippen LogP contribution is -2.26. The van der Waals surface area contributed by atoms with Crippen molar-refractivity contribution in [1.29, 1.82) is 0 Å². The van der Waals surface area contributed by atoms with Crippen LogP contribution in [0.3, 0.4) is 0 Å². The van der Waals surface area contributed by atoms with E-state index in [2.05, 4.69) is 6.92 Å². The Bertz CT molecular complexity index is 369. The van der Waals surface area contributed by atoms with Gasteiger partial charge in [-0.05, 0) is 56.3 Å². The molecule has 0 aromatic heterocycles. The summed E-state index contributed by atoms with van der Waals surface area (Å²) in [5, 5.41) is 0. The molecule has 2 fully saturated rings. The summed E-state index contributed by atoms with van der Waals surface area (Å²) in [7, 11) is 0. The lowest BCUT2D eigenvalue weighted by molar-refractivity contribution is -0.0821. The van der Waals surface area contributed by atoms with Gasteiger partial charge in [0.1, 0.15) is 5.83 Å². The number of hydrogen-bond donors (Lipinski definition) is 0. The van der Waals surface area contributed by atoms with Crippen molar-refractivity contribution < 1.29 is 17.6 Å². The predicted molar refractivity (Wildman–Crippen MR) is 85.7 cm³/mol. The van der Waals surface area contributed by atoms with E-state index in [1.807, 2.05) is 0 Å². The second-order valence-corrected chi connectivity index (χ2v) is 7.61. The van der Waals surface area contributed by atoms with Crippen LogP contribution in [0, 0.1) is 23.7 Å². The van der Waals surface area contributed by atoms with Crippen LogP contribution in [0.5, 0.6) is 0 Å². The maximum Gasteiger partial charge on any atom is 0.412 e. The van der Waals surface area contributed by atoms with Crippen molar-refractivity contribution in [3.05, 3.63) is 11.9 Å². The standard InChI is InChI=1S/C19H30F4/c1-2-3-4-14-5-7-15(8-6-14)16-9-11-17(12-10-16)18(20)13-19(21,22)23/h13-17H,2-12H2,1H3. The third-order valence-electron chi connectivity index (χ3n) is 5.99. The zero-order chi connectivity index (χ0) is 16.9. The van der Waals surface area contributed by atoms with Gasteiger partial charge in [0.05, 0.1) is 6.08 Å². The summed E-state index contributed by atoms with van der Waals surface area (Å²) in [5.74, 6) is 0.753. The lowest BCUT2D eigenvalue weighted by atomic mass is 9.68. The molecule has 4 heteroatoms. The van der Waals surface area contributed by atoms with Crippen molar-refractivity contribution in [2.75, 3.05) is 0 Å². The van der Waals surface area contributed by atoms with Gasteiger partial charge in [-0.25, -0.2) is 4.39 Å². The molecule has 0 unspecified atom stereocenters. The minimum atomic E-state index is -4.53. The largest absolute Gasteiger partial charge is 0.412 e. The fourth-order valence-corrected chi connectivity index (χ4v) is 4.58. The molecule has 0 aromatic rings. The van der Waals surface area contributed by atoms with Gasteiger partial charge >= 0.3 is 6.18 Å². The van der Waals surface area contributed by atoms with E-state index < -0.39 is 17.9 Å². The van der Waals surface area contributed by atoms with Crippen LogP contribution in [0.2, 0.25) is 0 Å². The molecule has 2 saturated carbocycles. The molecular weight excluding hydrogens is 304 g/mol. The van der Waals surface area contributed by atoms with Gasteiger partial charge in [-0.3, -0.25) is 0 Å². The van der Waals surface area contributed by atoms with Crippen molar-refractivity contribution in [2.45, 2.75) is 83.7 Å². The summed E-state index contributed by atoms with van der Waals surface area (Å²) in [6.07, 6.45) is 7.39. The van der Waals surface area contributed by atoms with Crippen LogP contribution in [-0.2, 0) is 0 Å². The monoisotopic (exact) mass is 334 g/mol. The number of halogens is 4. The molecule has 2 rings (SSSR count). The van der Waals surface area contributed by atoms with Crippen molar-refractivity contribution in [2.24, 2.45) is 23.7 Å².